The smallest absolute Gasteiger partial charge is 0.256 e. The first-order valence-corrected chi connectivity index (χ1v) is 11.2. The van der Waals surface area contributed by atoms with Crippen LogP contribution in [0, 0.1) is 6.92 Å². The molecule has 32 heavy (non-hydrogen) atoms. The van der Waals surface area contributed by atoms with Gasteiger partial charge < -0.3 is 14.2 Å². The lowest BCUT2D eigenvalue weighted by Crippen LogP contribution is -2.26. The van der Waals surface area contributed by atoms with Crippen LogP contribution in [0.25, 0.3) is 21.9 Å². The second-order valence-electron chi connectivity index (χ2n) is 8.68. The predicted molar refractivity (Wildman–Crippen MR) is 126 cm³/mol. The van der Waals surface area contributed by atoms with Crippen molar-refractivity contribution in [2.24, 2.45) is 0 Å². The van der Waals surface area contributed by atoms with Crippen molar-refractivity contribution >= 4 is 27.8 Å². The molecule has 0 fully saturated rings. The maximum atomic E-state index is 13.5. The predicted octanol–water partition coefficient (Wildman–Crippen LogP) is 4.90. The SMILES string of the molecule is COc1ccc2cc(CN(C)C(=O)c3cc(C)nc4c3nc3n4CCCCC3)ccc2c1. The largest absolute Gasteiger partial charge is 0.497 e. The zero-order valence-electron chi connectivity index (χ0n) is 18.9. The number of benzene rings is 2. The Labute approximate surface area is 187 Å². The third-order valence-corrected chi connectivity index (χ3v) is 6.30. The summed E-state index contributed by atoms with van der Waals surface area (Å²) in [5.41, 5.74) is 4.15. The number of ether oxygens (including phenoxy) is 1. The molecule has 2 aromatic carbocycles. The molecule has 3 heterocycles. The molecule has 0 aliphatic carbocycles. The number of rotatable bonds is 4. The third kappa shape index (κ3) is 3.70. The van der Waals surface area contributed by atoms with E-state index in [1.54, 1.807) is 12.0 Å². The monoisotopic (exact) mass is 428 g/mol. The molecule has 0 spiro atoms. The van der Waals surface area contributed by atoms with Crippen LogP contribution in [0.5, 0.6) is 5.75 Å². The quantitative estimate of drug-likeness (QED) is 0.464. The van der Waals surface area contributed by atoms with Gasteiger partial charge in [0.15, 0.2) is 5.65 Å². The van der Waals surface area contributed by atoms with E-state index in [9.17, 15) is 4.79 Å². The maximum absolute atomic E-state index is 13.5. The van der Waals surface area contributed by atoms with Gasteiger partial charge in [0.2, 0.25) is 0 Å². The summed E-state index contributed by atoms with van der Waals surface area (Å²) in [6.45, 7) is 3.40. The van der Waals surface area contributed by atoms with Crippen LogP contribution < -0.4 is 4.74 Å². The molecule has 0 unspecified atom stereocenters. The molecule has 164 valence electrons. The number of carbonyl (C=O) groups is 1. The number of aryl methyl sites for hydroxylation is 3. The molecule has 2 aromatic heterocycles. The number of imidazole rings is 1. The van der Waals surface area contributed by atoms with Gasteiger partial charge in [-0.25, -0.2) is 9.97 Å². The van der Waals surface area contributed by atoms with Crippen LogP contribution in [0.4, 0.5) is 0 Å². The second-order valence-corrected chi connectivity index (χ2v) is 8.68. The van der Waals surface area contributed by atoms with Crippen molar-refractivity contribution in [3.05, 3.63) is 65.1 Å². The molecule has 0 saturated heterocycles. The number of fused-ring (bicyclic) bond motifs is 4. The van der Waals surface area contributed by atoms with E-state index in [-0.39, 0.29) is 5.91 Å². The Balaban J connectivity index is 1.45. The molecule has 0 saturated carbocycles. The van der Waals surface area contributed by atoms with E-state index in [2.05, 4.69) is 22.8 Å². The molecule has 0 N–H and O–H groups in total. The van der Waals surface area contributed by atoms with Crippen LogP contribution in [0.15, 0.2) is 42.5 Å². The first-order valence-electron chi connectivity index (χ1n) is 11.2. The molecular weight excluding hydrogens is 400 g/mol. The number of nitrogens with zero attached hydrogens (tertiary/aromatic N) is 4. The topological polar surface area (TPSA) is 60.2 Å². The van der Waals surface area contributed by atoms with Crippen LogP contribution in [-0.4, -0.2) is 39.5 Å². The minimum atomic E-state index is -0.0245. The van der Waals surface area contributed by atoms with Crippen LogP contribution in [-0.2, 0) is 19.5 Å². The molecule has 6 nitrogen and oxygen atoms in total. The van der Waals surface area contributed by atoms with E-state index >= 15 is 0 Å². The van der Waals surface area contributed by atoms with Gasteiger partial charge in [0.1, 0.15) is 17.1 Å². The summed E-state index contributed by atoms with van der Waals surface area (Å²) in [6, 6.07) is 14.2. The normalized spacial score (nSPS) is 13.7. The average Bonchev–Trinajstić information content (AvgIpc) is 2.98. The van der Waals surface area contributed by atoms with Gasteiger partial charge >= 0.3 is 0 Å². The van der Waals surface area contributed by atoms with Crippen molar-refractivity contribution < 1.29 is 9.53 Å². The highest BCUT2D eigenvalue weighted by Gasteiger charge is 2.22. The number of carbonyl (C=O) groups excluding carboxylic acids is 1. The lowest BCUT2D eigenvalue weighted by molar-refractivity contribution is 0.0786. The minimum Gasteiger partial charge on any atom is -0.497 e. The van der Waals surface area contributed by atoms with Gasteiger partial charge in [-0.1, -0.05) is 24.6 Å². The Morgan fingerprint density at radius 2 is 1.88 bits per heavy atom. The standard InChI is InChI=1S/C26H28N4O2/c1-17-13-22(24-25(27-17)30-12-6-4-5-7-23(30)28-24)26(31)29(2)16-18-8-9-20-15-21(32-3)11-10-19(20)14-18/h8-11,13-15H,4-7,12,16H2,1-3H3. The summed E-state index contributed by atoms with van der Waals surface area (Å²) >= 11 is 0. The fourth-order valence-corrected chi connectivity index (χ4v) is 4.63. The number of aromatic nitrogens is 3. The van der Waals surface area contributed by atoms with E-state index in [1.165, 1.54) is 6.42 Å². The molecule has 0 bridgehead atoms. The zero-order valence-corrected chi connectivity index (χ0v) is 18.9. The first-order chi connectivity index (χ1) is 15.5. The zero-order chi connectivity index (χ0) is 22.2. The Bertz CT molecular complexity index is 1320. The Kier molecular flexibility index (Phi) is 5.29. The number of methoxy groups -OCH3 is 1. The Morgan fingerprint density at radius 1 is 1.06 bits per heavy atom. The van der Waals surface area contributed by atoms with Crippen molar-refractivity contribution in [3.63, 3.8) is 0 Å². The van der Waals surface area contributed by atoms with E-state index in [4.69, 9.17) is 14.7 Å². The van der Waals surface area contributed by atoms with E-state index in [0.29, 0.717) is 12.1 Å². The summed E-state index contributed by atoms with van der Waals surface area (Å²) in [5.74, 6) is 1.87. The van der Waals surface area contributed by atoms with Gasteiger partial charge in [0, 0.05) is 32.3 Å². The van der Waals surface area contributed by atoms with Gasteiger partial charge in [-0.15, -0.1) is 0 Å². The molecule has 1 aliphatic heterocycles. The first kappa shape index (κ1) is 20.5. The molecule has 0 radical (unpaired) electrons. The number of hydrogen-bond acceptors (Lipinski definition) is 4. The van der Waals surface area contributed by atoms with E-state index < -0.39 is 0 Å². The van der Waals surface area contributed by atoms with Crippen molar-refractivity contribution in [3.8, 4) is 5.75 Å². The lowest BCUT2D eigenvalue weighted by atomic mass is 10.1. The summed E-state index contributed by atoms with van der Waals surface area (Å²) in [4.78, 5) is 24.9. The average molecular weight is 429 g/mol. The fourth-order valence-electron chi connectivity index (χ4n) is 4.63. The van der Waals surface area contributed by atoms with Crippen LogP contribution in [0.2, 0.25) is 0 Å². The van der Waals surface area contributed by atoms with Crippen LogP contribution in [0.1, 0.15) is 46.7 Å². The summed E-state index contributed by atoms with van der Waals surface area (Å²) in [5, 5.41) is 2.25. The minimum absolute atomic E-state index is 0.0245. The summed E-state index contributed by atoms with van der Waals surface area (Å²) < 4.78 is 7.53. The molecular formula is C26H28N4O2. The highest BCUT2D eigenvalue weighted by molar-refractivity contribution is 6.04. The van der Waals surface area contributed by atoms with Crippen molar-refractivity contribution in [2.45, 2.75) is 45.7 Å². The van der Waals surface area contributed by atoms with Crippen molar-refractivity contribution in [1.82, 2.24) is 19.4 Å². The van der Waals surface area contributed by atoms with Gasteiger partial charge in [0.25, 0.3) is 5.91 Å². The lowest BCUT2D eigenvalue weighted by Gasteiger charge is -2.18. The van der Waals surface area contributed by atoms with Gasteiger partial charge in [-0.2, -0.15) is 0 Å². The molecule has 4 aromatic rings. The van der Waals surface area contributed by atoms with Crippen molar-refractivity contribution in [2.75, 3.05) is 14.2 Å². The highest BCUT2D eigenvalue weighted by Crippen LogP contribution is 2.26. The number of hydrogen-bond donors (Lipinski definition) is 0. The van der Waals surface area contributed by atoms with E-state index in [1.807, 2.05) is 38.2 Å². The molecule has 5 rings (SSSR count). The third-order valence-electron chi connectivity index (χ3n) is 6.30. The Hall–Kier alpha value is -3.41. The second kappa shape index (κ2) is 8.26. The highest BCUT2D eigenvalue weighted by atomic mass is 16.5. The fraction of sp³-hybridized carbons (Fsp3) is 0.346. The number of amides is 1. The number of pyridine rings is 1. The Morgan fingerprint density at radius 3 is 2.72 bits per heavy atom. The van der Waals surface area contributed by atoms with Gasteiger partial charge in [-0.05, 0) is 60.4 Å². The molecule has 1 amide bonds. The molecule has 6 heteroatoms. The molecule has 0 atom stereocenters. The van der Waals surface area contributed by atoms with Gasteiger partial charge in [-0.3, -0.25) is 4.79 Å². The van der Waals surface area contributed by atoms with Crippen molar-refractivity contribution in [1.29, 1.82) is 0 Å². The van der Waals surface area contributed by atoms with Gasteiger partial charge in [0.05, 0.1) is 12.7 Å². The van der Waals surface area contributed by atoms with Crippen LogP contribution in [0.3, 0.4) is 0 Å². The van der Waals surface area contributed by atoms with Crippen LogP contribution >= 0.6 is 0 Å². The molecule has 1 aliphatic rings. The van der Waals surface area contributed by atoms with E-state index in [0.717, 1.165) is 70.6 Å². The summed E-state index contributed by atoms with van der Waals surface area (Å²) in [7, 11) is 3.52. The summed E-state index contributed by atoms with van der Waals surface area (Å²) in [6.07, 6.45) is 4.43. The maximum Gasteiger partial charge on any atom is 0.256 e.